The van der Waals surface area contributed by atoms with E-state index in [9.17, 15) is 9.59 Å². The molecule has 2 unspecified atom stereocenters. The van der Waals surface area contributed by atoms with Gasteiger partial charge in [-0.25, -0.2) is 0 Å². The van der Waals surface area contributed by atoms with E-state index in [1.165, 1.54) is 0 Å². The van der Waals surface area contributed by atoms with Gasteiger partial charge in [-0.15, -0.1) is 0 Å². The summed E-state index contributed by atoms with van der Waals surface area (Å²) in [6.07, 6.45) is 1.16. The molecule has 2 aliphatic heterocycles. The second-order valence-electron chi connectivity index (χ2n) is 6.81. The maximum absolute atomic E-state index is 12.6. The molecule has 1 N–H and O–H groups in total. The van der Waals surface area contributed by atoms with Crippen molar-refractivity contribution in [3.8, 4) is 0 Å². The minimum Gasteiger partial charge on any atom is -0.378 e. The fourth-order valence-electron chi connectivity index (χ4n) is 3.34. The Hall–Kier alpha value is -2.08. The van der Waals surface area contributed by atoms with Gasteiger partial charge in [-0.05, 0) is 25.5 Å². The highest BCUT2D eigenvalue weighted by atomic mass is 16.5. The topological polar surface area (TPSA) is 61.9 Å². The molecule has 0 aliphatic carbocycles. The molecule has 0 spiro atoms. The normalized spacial score (nSPS) is 22.2. The summed E-state index contributed by atoms with van der Waals surface area (Å²) in [5.74, 6) is -0.279. The number of para-hydroxylation sites is 2. The molecule has 6 heteroatoms. The first-order valence-corrected chi connectivity index (χ1v) is 9.12. The van der Waals surface area contributed by atoms with Crippen molar-refractivity contribution in [1.82, 2.24) is 5.32 Å². The van der Waals surface area contributed by atoms with Crippen molar-refractivity contribution in [1.29, 1.82) is 0 Å². The van der Waals surface area contributed by atoms with E-state index in [0.29, 0.717) is 19.8 Å². The number of hydrogen-bond donors (Lipinski definition) is 1. The molecular formula is C19H27N3O3. The van der Waals surface area contributed by atoms with Gasteiger partial charge in [0.15, 0.2) is 0 Å². The molecule has 2 atom stereocenters. The van der Waals surface area contributed by atoms with Crippen LogP contribution in [-0.4, -0.2) is 50.7 Å². The summed E-state index contributed by atoms with van der Waals surface area (Å²) >= 11 is 0. The number of rotatable bonds is 5. The Morgan fingerprint density at radius 2 is 1.96 bits per heavy atom. The quantitative estimate of drug-likeness (QED) is 0.884. The van der Waals surface area contributed by atoms with Gasteiger partial charge in [0.2, 0.25) is 11.8 Å². The van der Waals surface area contributed by atoms with Crippen LogP contribution in [0.5, 0.6) is 0 Å². The van der Waals surface area contributed by atoms with E-state index >= 15 is 0 Å². The van der Waals surface area contributed by atoms with Gasteiger partial charge in [-0.1, -0.05) is 19.1 Å². The summed E-state index contributed by atoms with van der Waals surface area (Å²) in [7, 11) is 0. The van der Waals surface area contributed by atoms with Gasteiger partial charge >= 0.3 is 0 Å². The predicted molar refractivity (Wildman–Crippen MR) is 97.8 cm³/mol. The molecule has 2 aliphatic rings. The lowest BCUT2D eigenvalue weighted by Crippen LogP contribution is -2.39. The van der Waals surface area contributed by atoms with Gasteiger partial charge in [0, 0.05) is 32.1 Å². The maximum Gasteiger partial charge on any atom is 0.227 e. The lowest BCUT2D eigenvalue weighted by molar-refractivity contribution is -0.126. The molecule has 2 saturated heterocycles. The maximum atomic E-state index is 12.6. The smallest absolute Gasteiger partial charge is 0.227 e. The number of nitrogens with one attached hydrogen (secondary N) is 1. The van der Waals surface area contributed by atoms with Crippen molar-refractivity contribution in [2.24, 2.45) is 5.92 Å². The molecule has 2 heterocycles. The predicted octanol–water partition coefficient (Wildman–Crippen LogP) is 1.79. The zero-order valence-electron chi connectivity index (χ0n) is 15.0. The van der Waals surface area contributed by atoms with Crippen LogP contribution < -0.4 is 15.1 Å². The molecule has 136 valence electrons. The van der Waals surface area contributed by atoms with E-state index in [0.717, 1.165) is 30.9 Å². The number of nitrogens with zero attached hydrogens (tertiary/aromatic N) is 2. The van der Waals surface area contributed by atoms with Gasteiger partial charge in [0.25, 0.3) is 0 Å². The second kappa shape index (κ2) is 7.87. The van der Waals surface area contributed by atoms with E-state index in [2.05, 4.69) is 10.2 Å². The summed E-state index contributed by atoms with van der Waals surface area (Å²) in [5, 5.41) is 3.00. The molecule has 0 aromatic heterocycles. The Kier molecular flexibility index (Phi) is 5.58. The van der Waals surface area contributed by atoms with Crippen LogP contribution in [0.2, 0.25) is 0 Å². The fraction of sp³-hybridized carbons (Fsp3) is 0.579. The first-order valence-electron chi connectivity index (χ1n) is 9.12. The number of carbonyl (C=O) groups excluding carboxylic acids is 2. The summed E-state index contributed by atoms with van der Waals surface area (Å²) in [6, 6.07) is 8.08. The third kappa shape index (κ3) is 3.95. The highest BCUT2D eigenvalue weighted by Crippen LogP contribution is 2.34. The average molecular weight is 345 g/mol. The molecule has 0 bridgehead atoms. The van der Waals surface area contributed by atoms with Crippen LogP contribution in [-0.2, 0) is 14.3 Å². The van der Waals surface area contributed by atoms with Crippen molar-refractivity contribution in [3.05, 3.63) is 24.3 Å². The Bertz CT molecular complexity index is 628. The third-order valence-electron chi connectivity index (χ3n) is 5.02. The molecule has 6 nitrogen and oxygen atoms in total. The molecule has 2 fully saturated rings. The van der Waals surface area contributed by atoms with Crippen LogP contribution in [0.15, 0.2) is 24.3 Å². The van der Waals surface area contributed by atoms with Crippen molar-refractivity contribution < 1.29 is 14.3 Å². The van der Waals surface area contributed by atoms with Gasteiger partial charge < -0.3 is 19.9 Å². The van der Waals surface area contributed by atoms with E-state index in [1.54, 1.807) is 4.90 Å². The first-order chi connectivity index (χ1) is 12.1. The Morgan fingerprint density at radius 1 is 1.28 bits per heavy atom. The Labute approximate surface area is 149 Å². The number of ether oxygens (including phenoxy) is 1. The van der Waals surface area contributed by atoms with Crippen LogP contribution in [0.3, 0.4) is 0 Å². The van der Waals surface area contributed by atoms with Gasteiger partial charge in [0.05, 0.1) is 30.5 Å². The lowest BCUT2D eigenvalue weighted by atomic mass is 10.1. The summed E-state index contributed by atoms with van der Waals surface area (Å²) in [6.45, 7) is 7.50. The van der Waals surface area contributed by atoms with E-state index in [-0.39, 0.29) is 30.2 Å². The zero-order chi connectivity index (χ0) is 17.8. The van der Waals surface area contributed by atoms with Gasteiger partial charge in [-0.2, -0.15) is 0 Å². The Morgan fingerprint density at radius 3 is 2.64 bits per heavy atom. The van der Waals surface area contributed by atoms with Crippen molar-refractivity contribution in [2.45, 2.75) is 32.7 Å². The third-order valence-corrected chi connectivity index (χ3v) is 5.02. The van der Waals surface area contributed by atoms with Crippen LogP contribution in [0, 0.1) is 5.92 Å². The fourth-order valence-corrected chi connectivity index (χ4v) is 3.34. The number of morpholine rings is 1. The molecular weight excluding hydrogens is 318 g/mol. The number of carbonyl (C=O) groups is 2. The van der Waals surface area contributed by atoms with E-state index in [4.69, 9.17) is 4.74 Å². The number of amides is 2. The van der Waals surface area contributed by atoms with Crippen molar-refractivity contribution in [2.75, 3.05) is 42.6 Å². The van der Waals surface area contributed by atoms with Crippen LogP contribution in [0.25, 0.3) is 0 Å². The number of anilines is 2. The summed E-state index contributed by atoms with van der Waals surface area (Å²) < 4.78 is 5.43. The molecule has 1 aromatic carbocycles. The van der Waals surface area contributed by atoms with Crippen molar-refractivity contribution in [3.63, 3.8) is 0 Å². The molecule has 25 heavy (non-hydrogen) atoms. The minimum absolute atomic E-state index is 0.0185. The molecule has 0 saturated carbocycles. The van der Waals surface area contributed by atoms with E-state index < -0.39 is 0 Å². The van der Waals surface area contributed by atoms with Crippen molar-refractivity contribution >= 4 is 23.2 Å². The molecule has 2 amide bonds. The van der Waals surface area contributed by atoms with Crippen LogP contribution in [0.4, 0.5) is 11.4 Å². The number of benzene rings is 1. The second-order valence-corrected chi connectivity index (χ2v) is 6.81. The van der Waals surface area contributed by atoms with Gasteiger partial charge in [-0.3, -0.25) is 9.59 Å². The standard InChI is InChI=1S/C19H27N3O3/c1-3-14(2)20-19(24)15-12-18(23)22(13-15)17-7-5-4-6-16(17)21-8-10-25-11-9-21/h4-7,14-15H,3,8-13H2,1-2H3,(H,20,24). The number of hydrogen-bond acceptors (Lipinski definition) is 4. The average Bonchev–Trinajstić information content (AvgIpc) is 3.04. The van der Waals surface area contributed by atoms with Crippen LogP contribution in [0.1, 0.15) is 26.7 Å². The Balaban J connectivity index is 1.76. The summed E-state index contributed by atoms with van der Waals surface area (Å²) in [4.78, 5) is 29.0. The van der Waals surface area contributed by atoms with Gasteiger partial charge in [0.1, 0.15) is 0 Å². The molecule has 1 aromatic rings. The summed E-state index contributed by atoms with van der Waals surface area (Å²) in [5.41, 5.74) is 1.94. The molecule has 3 rings (SSSR count). The largest absolute Gasteiger partial charge is 0.378 e. The van der Waals surface area contributed by atoms with E-state index in [1.807, 2.05) is 38.1 Å². The first kappa shape index (κ1) is 17.7. The SMILES string of the molecule is CCC(C)NC(=O)C1CC(=O)N(c2ccccc2N2CCOCC2)C1. The lowest BCUT2D eigenvalue weighted by Gasteiger charge is -2.32. The van der Waals surface area contributed by atoms with Crippen LogP contribution >= 0.6 is 0 Å². The highest BCUT2D eigenvalue weighted by molar-refractivity contribution is 6.02. The monoisotopic (exact) mass is 345 g/mol. The minimum atomic E-state index is -0.278. The highest BCUT2D eigenvalue weighted by Gasteiger charge is 2.36. The zero-order valence-corrected chi connectivity index (χ0v) is 15.0. The molecule has 0 radical (unpaired) electrons.